The number of anilines is 2. The Labute approximate surface area is 114 Å². The lowest BCUT2D eigenvalue weighted by Gasteiger charge is -2.11. The minimum atomic E-state index is -0.682. The second kappa shape index (κ2) is 5.48. The number of rotatable bonds is 3. The molecule has 0 heterocycles. The molecule has 0 fully saturated rings. The fraction of sp³-hybridized carbons (Fsp3) is 0.0714. The number of methoxy groups -OCH3 is 1. The van der Waals surface area contributed by atoms with Gasteiger partial charge in [0, 0.05) is 0 Å². The van der Waals surface area contributed by atoms with E-state index in [1.807, 2.05) is 0 Å². The molecule has 0 aromatic heterocycles. The third-order valence-corrected chi connectivity index (χ3v) is 2.75. The maximum absolute atomic E-state index is 13.6. The van der Waals surface area contributed by atoms with Crippen molar-refractivity contribution in [1.29, 1.82) is 0 Å². The average molecular weight is 276 g/mol. The van der Waals surface area contributed by atoms with E-state index in [1.165, 1.54) is 43.5 Å². The molecule has 0 unspecified atom stereocenters. The van der Waals surface area contributed by atoms with Gasteiger partial charge in [0.2, 0.25) is 0 Å². The van der Waals surface area contributed by atoms with Gasteiger partial charge in [0.25, 0.3) is 5.91 Å². The summed E-state index contributed by atoms with van der Waals surface area (Å²) in [6.45, 7) is 0. The SMILES string of the molecule is COc1cccc(C(=O)Nc2c(N)cccc2F)c1O. The van der Waals surface area contributed by atoms with Gasteiger partial charge in [-0.05, 0) is 24.3 Å². The zero-order valence-electron chi connectivity index (χ0n) is 10.7. The van der Waals surface area contributed by atoms with Crippen LogP contribution in [0.25, 0.3) is 0 Å². The summed E-state index contributed by atoms with van der Waals surface area (Å²) in [4.78, 5) is 12.1. The van der Waals surface area contributed by atoms with E-state index in [4.69, 9.17) is 10.5 Å². The first-order valence-electron chi connectivity index (χ1n) is 5.76. The molecule has 0 aliphatic carbocycles. The average Bonchev–Trinajstić information content (AvgIpc) is 2.43. The summed E-state index contributed by atoms with van der Waals surface area (Å²) in [5.41, 5.74) is 5.54. The number of nitrogens with two attached hydrogens (primary N) is 1. The van der Waals surface area contributed by atoms with Crippen LogP contribution in [0.1, 0.15) is 10.4 Å². The number of benzene rings is 2. The number of nitrogen functional groups attached to an aromatic ring is 1. The highest BCUT2D eigenvalue weighted by atomic mass is 19.1. The van der Waals surface area contributed by atoms with Gasteiger partial charge in [-0.2, -0.15) is 0 Å². The molecule has 20 heavy (non-hydrogen) atoms. The topological polar surface area (TPSA) is 84.6 Å². The Bertz CT molecular complexity index is 639. The van der Waals surface area contributed by atoms with Crippen molar-refractivity contribution >= 4 is 17.3 Å². The summed E-state index contributed by atoms with van der Waals surface area (Å²) in [6.07, 6.45) is 0. The summed E-state index contributed by atoms with van der Waals surface area (Å²) in [6, 6.07) is 8.51. The number of nitrogens with one attached hydrogen (secondary N) is 1. The molecular weight excluding hydrogens is 263 g/mol. The Morgan fingerprint density at radius 1 is 1.30 bits per heavy atom. The van der Waals surface area contributed by atoms with Crippen molar-refractivity contribution in [3.63, 3.8) is 0 Å². The van der Waals surface area contributed by atoms with Crippen molar-refractivity contribution in [3.8, 4) is 11.5 Å². The fourth-order valence-electron chi connectivity index (χ4n) is 1.72. The zero-order chi connectivity index (χ0) is 14.7. The van der Waals surface area contributed by atoms with Crippen LogP contribution < -0.4 is 15.8 Å². The Kier molecular flexibility index (Phi) is 3.74. The number of hydrogen-bond donors (Lipinski definition) is 3. The maximum Gasteiger partial charge on any atom is 0.259 e. The van der Waals surface area contributed by atoms with E-state index in [9.17, 15) is 14.3 Å². The molecule has 0 bridgehead atoms. The largest absolute Gasteiger partial charge is 0.504 e. The second-order valence-electron chi connectivity index (χ2n) is 4.01. The summed E-state index contributed by atoms with van der Waals surface area (Å²) in [5, 5.41) is 12.2. The van der Waals surface area contributed by atoms with Crippen LogP contribution in [0.5, 0.6) is 11.5 Å². The van der Waals surface area contributed by atoms with Gasteiger partial charge < -0.3 is 20.9 Å². The van der Waals surface area contributed by atoms with E-state index < -0.39 is 11.7 Å². The molecule has 0 atom stereocenters. The van der Waals surface area contributed by atoms with Gasteiger partial charge in [0.1, 0.15) is 11.5 Å². The maximum atomic E-state index is 13.6. The molecule has 0 spiro atoms. The van der Waals surface area contributed by atoms with Crippen molar-refractivity contribution in [3.05, 3.63) is 47.8 Å². The normalized spacial score (nSPS) is 10.1. The number of halogens is 1. The molecule has 0 saturated heterocycles. The number of phenolic OH excluding ortho intramolecular Hbond substituents is 1. The third-order valence-electron chi connectivity index (χ3n) is 2.75. The van der Waals surface area contributed by atoms with Crippen LogP contribution in [0.4, 0.5) is 15.8 Å². The van der Waals surface area contributed by atoms with Crippen LogP contribution in [0.2, 0.25) is 0 Å². The molecule has 104 valence electrons. The lowest BCUT2D eigenvalue weighted by molar-refractivity contribution is 0.102. The molecule has 1 amide bonds. The Morgan fingerprint density at radius 3 is 2.65 bits per heavy atom. The summed E-state index contributed by atoms with van der Waals surface area (Å²) < 4.78 is 18.5. The summed E-state index contributed by atoms with van der Waals surface area (Å²) in [5.74, 6) is -1.50. The highest BCUT2D eigenvalue weighted by molar-refractivity contribution is 6.07. The van der Waals surface area contributed by atoms with Crippen LogP contribution in [0.15, 0.2) is 36.4 Å². The van der Waals surface area contributed by atoms with Gasteiger partial charge in [-0.25, -0.2) is 4.39 Å². The number of phenols is 1. The zero-order valence-corrected chi connectivity index (χ0v) is 10.7. The Morgan fingerprint density at radius 2 is 2.00 bits per heavy atom. The van der Waals surface area contributed by atoms with Crippen molar-refractivity contribution in [2.75, 3.05) is 18.2 Å². The first kappa shape index (κ1) is 13.7. The quantitative estimate of drug-likeness (QED) is 0.751. The van der Waals surface area contributed by atoms with Crippen molar-refractivity contribution in [1.82, 2.24) is 0 Å². The second-order valence-corrected chi connectivity index (χ2v) is 4.01. The molecule has 2 rings (SSSR count). The van der Waals surface area contributed by atoms with E-state index in [2.05, 4.69) is 5.32 Å². The van der Waals surface area contributed by atoms with Crippen LogP contribution in [-0.4, -0.2) is 18.1 Å². The lowest BCUT2D eigenvalue weighted by Crippen LogP contribution is -2.14. The Balaban J connectivity index is 2.34. The first-order chi connectivity index (χ1) is 9.54. The van der Waals surface area contributed by atoms with Crippen molar-refractivity contribution < 1.29 is 19.0 Å². The van der Waals surface area contributed by atoms with Gasteiger partial charge in [-0.15, -0.1) is 0 Å². The number of aromatic hydroxyl groups is 1. The number of ether oxygens (including phenoxy) is 1. The number of carbonyl (C=O) groups is 1. The van der Waals surface area contributed by atoms with Gasteiger partial charge in [-0.3, -0.25) is 4.79 Å². The molecule has 2 aromatic rings. The highest BCUT2D eigenvalue weighted by Gasteiger charge is 2.17. The molecular formula is C14H13FN2O3. The summed E-state index contributed by atoms with van der Waals surface area (Å²) >= 11 is 0. The van der Waals surface area contributed by atoms with Gasteiger partial charge in [-0.1, -0.05) is 12.1 Å². The van der Waals surface area contributed by atoms with Crippen LogP contribution in [-0.2, 0) is 0 Å². The minimum absolute atomic E-state index is 0.0352. The lowest BCUT2D eigenvalue weighted by atomic mass is 10.1. The standard InChI is InChI=1S/C14H13FN2O3/c1-20-11-7-2-4-8(13(11)18)14(19)17-12-9(15)5-3-6-10(12)16/h2-7,18H,16H2,1H3,(H,17,19). The molecule has 0 aliphatic heterocycles. The molecule has 4 N–H and O–H groups in total. The van der Waals surface area contributed by atoms with E-state index >= 15 is 0 Å². The molecule has 6 heteroatoms. The highest BCUT2D eigenvalue weighted by Crippen LogP contribution is 2.30. The summed E-state index contributed by atoms with van der Waals surface area (Å²) in [7, 11) is 1.37. The van der Waals surface area contributed by atoms with Crippen LogP contribution in [0.3, 0.4) is 0 Å². The fourth-order valence-corrected chi connectivity index (χ4v) is 1.72. The van der Waals surface area contributed by atoms with Crippen LogP contribution >= 0.6 is 0 Å². The third kappa shape index (κ3) is 2.49. The first-order valence-corrected chi connectivity index (χ1v) is 5.76. The van der Waals surface area contributed by atoms with Gasteiger partial charge in [0.15, 0.2) is 11.5 Å². The molecule has 0 aliphatic rings. The van der Waals surface area contributed by atoms with E-state index in [0.29, 0.717) is 0 Å². The molecule has 2 aromatic carbocycles. The van der Waals surface area contributed by atoms with Crippen LogP contribution in [0, 0.1) is 5.82 Å². The van der Waals surface area contributed by atoms with Gasteiger partial charge in [0.05, 0.1) is 18.4 Å². The molecule has 5 nitrogen and oxygen atoms in total. The van der Waals surface area contributed by atoms with Crippen molar-refractivity contribution in [2.45, 2.75) is 0 Å². The number of para-hydroxylation sites is 2. The predicted octanol–water partition coefficient (Wildman–Crippen LogP) is 2.37. The minimum Gasteiger partial charge on any atom is -0.504 e. The smallest absolute Gasteiger partial charge is 0.259 e. The van der Waals surface area contributed by atoms with Gasteiger partial charge >= 0.3 is 0 Å². The molecule has 0 radical (unpaired) electrons. The predicted molar refractivity (Wildman–Crippen MR) is 73.4 cm³/mol. The Hall–Kier alpha value is -2.76. The monoisotopic (exact) mass is 276 g/mol. The van der Waals surface area contributed by atoms with E-state index in [-0.39, 0.29) is 28.4 Å². The number of carbonyl (C=O) groups excluding carboxylic acids is 1. The number of hydrogen-bond acceptors (Lipinski definition) is 4. The number of amides is 1. The van der Waals surface area contributed by atoms with E-state index in [1.54, 1.807) is 0 Å². The van der Waals surface area contributed by atoms with Crippen molar-refractivity contribution in [2.24, 2.45) is 0 Å². The van der Waals surface area contributed by atoms with E-state index in [0.717, 1.165) is 0 Å². The molecule has 0 saturated carbocycles.